The van der Waals surface area contributed by atoms with Crippen molar-refractivity contribution < 1.29 is 26.4 Å². The number of nitrogens with zero attached hydrogens (tertiary/aromatic N) is 1. The molecule has 0 saturated heterocycles. The summed E-state index contributed by atoms with van der Waals surface area (Å²) < 4.78 is 5.71. The van der Waals surface area contributed by atoms with Crippen molar-refractivity contribution in [2.75, 3.05) is 40.0 Å². The number of halogens is 1. The van der Waals surface area contributed by atoms with Crippen LogP contribution in [0.1, 0.15) is 0 Å². The van der Waals surface area contributed by atoms with Gasteiger partial charge < -0.3 is 27.4 Å². The third-order valence-electron chi connectivity index (χ3n) is 1.51. The van der Waals surface area contributed by atoms with E-state index in [9.17, 15) is 4.79 Å². The Labute approximate surface area is 97.2 Å². The predicted octanol–water partition coefficient (Wildman–Crippen LogP) is -3.50. The van der Waals surface area contributed by atoms with Crippen LogP contribution in [-0.4, -0.2) is 56.5 Å². The van der Waals surface area contributed by atoms with E-state index in [0.29, 0.717) is 12.4 Å². The van der Waals surface area contributed by atoms with Crippen LogP contribution < -0.4 is 18.1 Å². The van der Waals surface area contributed by atoms with E-state index in [2.05, 4.69) is 12.6 Å². The summed E-state index contributed by atoms with van der Waals surface area (Å²) in [4.78, 5) is 11.1. The van der Waals surface area contributed by atoms with E-state index in [4.69, 9.17) is 10.5 Å². The van der Waals surface area contributed by atoms with Gasteiger partial charge in [0.05, 0.1) is 21.1 Å². The maximum Gasteiger partial charge on any atom is 0.323 e. The summed E-state index contributed by atoms with van der Waals surface area (Å²) in [5, 5.41) is 0. The topological polar surface area (TPSA) is 52.3 Å². The molecule has 14 heavy (non-hydrogen) atoms. The number of rotatable bonds is 5. The highest BCUT2D eigenvalue weighted by molar-refractivity contribution is 7.80. The van der Waals surface area contributed by atoms with Crippen molar-refractivity contribution in [1.29, 1.82) is 0 Å². The summed E-state index contributed by atoms with van der Waals surface area (Å²) in [5.74, 6) is -0.0492. The average Bonchev–Trinajstić information content (AvgIpc) is 2.00. The van der Waals surface area contributed by atoms with Gasteiger partial charge in [0, 0.05) is 5.75 Å². The van der Waals surface area contributed by atoms with Crippen molar-refractivity contribution in [1.82, 2.24) is 0 Å². The first kappa shape index (κ1) is 16.5. The van der Waals surface area contributed by atoms with Crippen LogP contribution >= 0.6 is 12.6 Å². The van der Waals surface area contributed by atoms with Gasteiger partial charge in [0.25, 0.3) is 0 Å². The zero-order valence-corrected chi connectivity index (χ0v) is 10.5. The lowest BCUT2D eigenvalue weighted by Crippen LogP contribution is -3.00. The van der Waals surface area contributed by atoms with Gasteiger partial charge in [-0.3, -0.25) is 4.79 Å². The number of nitrogens with two attached hydrogens (primary N) is 1. The highest BCUT2D eigenvalue weighted by Gasteiger charge is 2.14. The van der Waals surface area contributed by atoms with E-state index >= 15 is 0 Å². The molecule has 0 aromatic rings. The second-order valence-electron chi connectivity index (χ2n) is 3.97. The Morgan fingerprint density at radius 1 is 1.50 bits per heavy atom. The molecular weight excluding hydrogens is 224 g/mol. The molecule has 0 aromatic carbocycles. The molecule has 0 bridgehead atoms. The molecule has 0 aliphatic carbocycles. The molecule has 0 fully saturated rings. The highest BCUT2D eigenvalue weighted by atomic mass is 35.5. The molecule has 0 spiro atoms. The molecule has 2 N–H and O–H groups in total. The number of likely N-dealkylation sites (N-methyl/N-ethyl adjacent to an activating group) is 1. The third-order valence-corrected chi connectivity index (χ3v) is 1.90. The third kappa shape index (κ3) is 8.62. The van der Waals surface area contributed by atoms with E-state index in [-0.39, 0.29) is 18.4 Å². The lowest BCUT2D eigenvalue weighted by atomic mass is 10.4. The smallest absolute Gasteiger partial charge is 0.323 e. The number of hydrogen-bond donors (Lipinski definition) is 2. The molecule has 1 unspecified atom stereocenters. The normalized spacial score (nSPS) is 12.9. The fourth-order valence-electron chi connectivity index (χ4n) is 0.602. The summed E-state index contributed by atoms with van der Waals surface area (Å²) in [6.07, 6.45) is 0. The SMILES string of the molecule is C[N+](C)(C)CCOC(=O)C(N)CS.[Cl-]. The molecule has 0 aliphatic heterocycles. The molecule has 0 rings (SSSR count). The number of esters is 1. The molecule has 4 nitrogen and oxygen atoms in total. The summed E-state index contributed by atoms with van der Waals surface area (Å²) in [5.41, 5.74) is 5.41. The fourth-order valence-corrected chi connectivity index (χ4v) is 0.751. The zero-order chi connectivity index (χ0) is 10.5. The number of quaternary nitrogens is 1. The van der Waals surface area contributed by atoms with Crippen LogP contribution in [0.3, 0.4) is 0 Å². The second kappa shape index (κ2) is 7.34. The Hall–Kier alpha value is 0.0300. The molecular formula is C8H19ClN2O2S. The minimum atomic E-state index is -0.601. The number of ether oxygens (including phenoxy) is 1. The monoisotopic (exact) mass is 242 g/mol. The van der Waals surface area contributed by atoms with Crippen LogP contribution in [0.5, 0.6) is 0 Å². The number of carbonyl (C=O) groups is 1. The lowest BCUT2D eigenvalue weighted by molar-refractivity contribution is -0.870. The van der Waals surface area contributed by atoms with E-state index in [1.807, 2.05) is 21.1 Å². The quantitative estimate of drug-likeness (QED) is 0.299. The number of hydrogen-bond acceptors (Lipinski definition) is 4. The van der Waals surface area contributed by atoms with Gasteiger partial charge in [-0.2, -0.15) is 12.6 Å². The highest BCUT2D eigenvalue weighted by Crippen LogP contribution is 1.92. The number of thiol groups is 1. The van der Waals surface area contributed by atoms with E-state index in [0.717, 1.165) is 11.0 Å². The van der Waals surface area contributed by atoms with Gasteiger partial charge >= 0.3 is 5.97 Å². The van der Waals surface area contributed by atoms with Crippen molar-refractivity contribution in [3.63, 3.8) is 0 Å². The Bertz CT molecular complexity index is 173. The summed E-state index contributed by atoms with van der Waals surface area (Å²) in [7, 11) is 6.10. The van der Waals surface area contributed by atoms with Crippen LogP contribution in [0.4, 0.5) is 0 Å². The van der Waals surface area contributed by atoms with E-state index in [1.165, 1.54) is 0 Å². The van der Waals surface area contributed by atoms with Gasteiger partial charge in [0.1, 0.15) is 19.2 Å². The first-order chi connectivity index (χ1) is 5.87. The fraction of sp³-hybridized carbons (Fsp3) is 0.875. The summed E-state index contributed by atoms with van der Waals surface area (Å²) in [6, 6.07) is -0.601. The van der Waals surface area contributed by atoms with Crippen LogP contribution in [0, 0.1) is 0 Å². The number of carbonyl (C=O) groups excluding carboxylic acids is 1. The van der Waals surface area contributed by atoms with Crippen molar-refractivity contribution in [2.45, 2.75) is 6.04 Å². The van der Waals surface area contributed by atoms with Gasteiger partial charge in [0.2, 0.25) is 0 Å². The molecule has 0 saturated carbocycles. The maximum absolute atomic E-state index is 11.1. The Morgan fingerprint density at radius 2 is 2.00 bits per heavy atom. The van der Waals surface area contributed by atoms with Gasteiger partial charge in [-0.25, -0.2) is 0 Å². The molecule has 0 amide bonds. The Morgan fingerprint density at radius 3 is 2.36 bits per heavy atom. The van der Waals surface area contributed by atoms with Crippen molar-refractivity contribution in [2.24, 2.45) is 5.73 Å². The molecule has 6 heteroatoms. The van der Waals surface area contributed by atoms with Gasteiger partial charge in [-0.1, -0.05) is 0 Å². The Balaban J connectivity index is 0. The van der Waals surface area contributed by atoms with E-state index in [1.54, 1.807) is 0 Å². The van der Waals surface area contributed by atoms with Crippen molar-refractivity contribution in [3.8, 4) is 0 Å². The van der Waals surface area contributed by atoms with Crippen LogP contribution in [0.15, 0.2) is 0 Å². The van der Waals surface area contributed by atoms with Gasteiger partial charge in [-0.05, 0) is 0 Å². The minimum absolute atomic E-state index is 0. The van der Waals surface area contributed by atoms with Gasteiger partial charge in [0.15, 0.2) is 0 Å². The molecule has 1 atom stereocenters. The van der Waals surface area contributed by atoms with E-state index < -0.39 is 6.04 Å². The predicted molar refractivity (Wildman–Crippen MR) is 55.7 cm³/mol. The summed E-state index contributed by atoms with van der Waals surface area (Å²) >= 11 is 3.90. The van der Waals surface area contributed by atoms with Crippen molar-refractivity contribution >= 4 is 18.6 Å². The summed E-state index contributed by atoms with van der Waals surface area (Å²) in [6.45, 7) is 1.19. The molecule has 0 radical (unpaired) electrons. The van der Waals surface area contributed by atoms with Gasteiger partial charge in [-0.15, -0.1) is 0 Å². The molecule has 0 aromatic heterocycles. The molecule has 86 valence electrons. The minimum Gasteiger partial charge on any atom is -1.00 e. The Kier molecular flexibility index (Phi) is 8.63. The standard InChI is InChI=1S/C8H18N2O2S.ClH/c1-10(2,3)4-5-12-8(11)7(9)6-13;/h7H,4-6,9H2,1-3H3;1H. The van der Waals surface area contributed by atoms with Crippen LogP contribution in [-0.2, 0) is 9.53 Å². The maximum atomic E-state index is 11.1. The van der Waals surface area contributed by atoms with Crippen molar-refractivity contribution in [3.05, 3.63) is 0 Å². The largest absolute Gasteiger partial charge is 1.00 e. The molecule has 0 aliphatic rings. The van der Waals surface area contributed by atoms with Crippen LogP contribution in [0.2, 0.25) is 0 Å². The average molecular weight is 243 g/mol. The zero-order valence-electron chi connectivity index (χ0n) is 8.86. The lowest BCUT2D eigenvalue weighted by Gasteiger charge is -2.23. The van der Waals surface area contributed by atoms with Crippen LogP contribution in [0.25, 0.3) is 0 Å². The second-order valence-corrected chi connectivity index (χ2v) is 4.34. The first-order valence-corrected chi connectivity index (χ1v) is 4.83. The molecule has 0 heterocycles. The first-order valence-electron chi connectivity index (χ1n) is 4.20.